The van der Waals surface area contributed by atoms with Crippen molar-refractivity contribution in [3.8, 4) is 0 Å². The molecule has 86 valence electrons. The smallest absolute Gasteiger partial charge is 0.252 e. The Morgan fingerprint density at radius 1 is 1.50 bits per heavy atom. The zero-order chi connectivity index (χ0) is 11.7. The van der Waals surface area contributed by atoms with Crippen molar-refractivity contribution in [3.05, 3.63) is 28.8 Å². The molecule has 5 heteroatoms. The second-order valence-electron chi connectivity index (χ2n) is 3.99. The van der Waals surface area contributed by atoms with Crippen molar-refractivity contribution in [2.45, 2.75) is 12.5 Å². The van der Waals surface area contributed by atoms with E-state index in [4.69, 9.17) is 23.1 Å². The predicted octanol–water partition coefficient (Wildman–Crippen LogP) is 0.976. The fraction of sp³-hybridized carbons (Fsp3) is 0.364. The number of halogens is 1. The van der Waals surface area contributed by atoms with E-state index in [0.717, 1.165) is 25.2 Å². The number of nitrogens with two attached hydrogens (primary N) is 2. The number of carbonyl (C=O) groups is 1. The van der Waals surface area contributed by atoms with Crippen molar-refractivity contribution >= 4 is 23.2 Å². The summed E-state index contributed by atoms with van der Waals surface area (Å²) >= 11 is 5.98. The minimum atomic E-state index is -0.499. The molecule has 1 amide bonds. The summed E-state index contributed by atoms with van der Waals surface area (Å²) in [6.07, 6.45) is 0.921. The SMILES string of the molecule is NC(=O)c1c(Cl)cccc1N1CCC(N)C1. The van der Waals surface area contributed by atoms with Gasteiger partial charge in [0.05, 0.1) is 16.3 Å². The fourth-order valence-corrected chi connectivity index (χ4v) is 2.29. The van der Waals surface area contributed by atoms with Gasteiger partial charge in [-0.25, -0.2) is 0 Å². The molecule has 16 heavy (non-hydrogen) atoms. The number of hydrogen-bond acceptors (Lipinski definition) is 3. The molecule has 0 aromatic heterocycles. The van der Waals surface area contributed by atoms with Crippen molar-refractivity contribution in [1.29, 1.82) is 0 Å². The molecular formula is C11H14ClN3O. The van der Waals surface area contributed by atoms with Crippen LogP contribution in [-0.2, 0) is 0 Å². The maximum Gasteiger partial charge on any atom is 0.252 e. The van der Waals surface area contributed by atoms with Crippen LogP contribution in [0.25, 0.3) is 0 Å². The quantitative estimate of drug-likeness (QED) is 0.808. The molecule has 1 aromatic carbocycles. The van der Waals surface area contributed by atoms with Gasteiger partial charge in [-0.05, 0) is 18.6 Å². The van der Waals surface area contributed by atoms with Gasteiger partial charge in [0.2, 0.25) is 0 Å². The van der Waals surface area contributed by atoms with Crippen molar-refractivity contribution in [1.82, 2.24) is 0 Å². The van der Waals surface area contributed by atoms with Crippen LogP contribution in [0.4, 0.5) is 5.69 Å². The molecule has 1 unspecified atom stereocenters. The average molecular weight is 240 g/mol. The summed E-state index contributed by atoms with van der Waals surface area (Å²) in [6, 6.07) is 5.48. The largest absolute Gasteiger partial charge is 0.369 e. The molecule has 4 N–H and O–H groups in total. The molecule has 0 bridgehead atoms. The van der Waals surface area contributed by atoms with E-state index in [9.17, 15) is 4.79 Å². The number of hydrogen-bond donors (Lipinski definition) is 2. The Kier molecular flexibility index (Phi) is 3.03. The van der Waals surface area contributed by atoms with Crippen molar-refractivity contribution in [2.24, 2.45) is 11.5 Å². The van der Waals surface area contributed by atoms with Crippen molar-refractivity contribution in [3.63, 3.8) is 0 Å². The molecule has 2 rings (SSSR count). The summed E-state index contributed by atoms with van der Waals surface area (Å²) in [5.74, 6) is -0.499. The van der Waals surface area contributed by atoms with E-state index >= 15 is 0 Å². The van der Waals surface area contributed by atoms with E-state index in [-0.39, 0.29) is 6.04 Å². The van der Waals surface area contributed by atoms with Gasteiger partial charge in [0, 0.05) is 19.1 Å². The lowest BCUT2D eigenvalue weighted by Gasteiger charge is -2.21. The molecule has 4 nitrogen and oxygen atoms in total. The molecule has 1 aromatic rings. The highest BCUT2D eigenvalue weighted by Crippen LogP contribution is 2.29. The summed E-state index contributed by atoms with van der Waals surface area (Å²) in [6.45, 7) is 1.57. The second-order valence-corrected chi connectivity index (χ2v) is 4.40. The van der Waals surface area contributed by atoms with Crippen LogP contribution >= 0.6 is 11.6 Å². The maximum atomic E-state index is 11.4. The van der Waals surface area contributed by atoms with Crippen LogP contribution in [0, 0.1) is 0 Å². The Morgan fingerprint density at radius 2 is 2.25 bits per heavy atom. The first kappa shape index (κ1) is 11.2. The van der Waals surface area contributed by atoms with Crippen LogP contribution < -0.4 is 16.4 Å². The van der Waals surface area contributed by atoms with Crippen LogP contribution in [0.1, 0.15) is 16.8 Å². The van der Waals surface area contributed by atoms with Gasteiger partial charge in [-0.3, -0.25) is 4.79 Å². The van der Waals surface area contributed by atoms with E-state index in [0.29, 0.717) is 10.6 Å². The third kappa shape index (κ3) is 1.99. The van der Waals surface area contributed by atoms with Crippen LogP contribution in [0.15, 0.2) is 18.2 Å². The highest BCUT2D eigenvalue weighted by atomic mass is 35.5. The van der Waals surface area contributed by atoms with E-state index < -0.39 is 5.91 Å². The van der Waals surface area contributed by atoms with Gasteiger partial charge >= 0.3 is 0 Å². The van der Waals surface area contributed by atoms with Gasteiger partial charge in [0.15, 0.2) is 0 Å². The Labute approximate surface area is 99.2 Å². The summed E-state index contributed by atoms with van der Waals surface area (Å²) in [7, 11) is 0. The number of anilines is 1. The monoisotopic (exact) mass is 239 g/mol. The molecule has 0 radical (unpaired) electrons. The minimum absolute atomic E-state index is 0.153. The third-order valence-electron chi connectivity index (χ3n) is 2.80. The van der Waals surface area contributed by atoms with E-state index in [1.807, 2.05) is 12.1 Å². The van der Waals surface area contributed by atoms with Gasteiger partial charge in [-0.1, -0.05) is 17.7 Å². The van der Waals surface area contributed by atoms with Crippen LogP contribution in [-0.4, -0.2) is 25.0 Å². The second kappa shape index (κ2) is 4.31. The zero-order valence-corrected chi connectivity index (χ0v) is 9.57. The van der Waals surface area contributed by atoms with Gasteiger partial charge in [-0.15, -0.1) is 0 Å². The Morgan fingerprint density at radius 3 is 2.81 bits per heavy atom. The molecule has 1 fully saturated rings. The van der Waals surface area contributed by atoms with Crippen LogP contribution in [0.5, 0.6) is 0 Å². The number of rotatable bonds is 2. The topological polar surface area (TPSA) is 72.4 Å². The first-order valence-corrected chi connectivity index (χ1v) is 5.56. The standard InChI is InChI=1S/C11H14ClN3O/c12-8-2-1-3-9(10(8)11(14)16)15-5-4-7(13)6-15/h1-3,7H,4-6,13H2,(H2,14,16). The molecule has 0 saturated carbocycles. The van der Waals surface area contributed by atoms with Crippen LogP contribution in [0.2, 0.25) is 5.02 Å². The maximum absolute atomic E-state index is 11.4. The zero-order valence-electron chi connectivity index (χ0n) is 8.82. The summed E-state index contributed by atoms with van der Waals surface area (Å²) in [5.41, 5.74) is 12.3. The van der Waals surface area contributed by atoms with Crippen LogP contribution in [0.3, 0.4) is 0 Å². The Balaban J connectivity index is 2.40. The van der Waals surface area contributed by atoms with Gasteiger partial charge in [-0.2, -0.15) is 0 Å². The first-order valence-electron chi connectivity index (χ1n) is 5.18. The van der Waals surface area contributed by atoms with E-state index in [1.165, 1.54) is 0 Å². The van der Waals surface area contributed by atoms with Gasteiger partial charge in [0.25, 0.3) is 5.91 Å². The normalized spacial score (nSPS) is 20.1. The van der Waals surface area contributed by atoms with Crippen molar-refractivity contribution in [2.75, 3.05) is 18.0 Å². The molecule has 1 aliphatic heterocycles. The third-order valence-corrected chi connectivity index (χ3v) is 3.12. The lowest BCUT2D eigenvalue weighted by atomic mass is 10.1. The van der Waals surface area contributed by atoms with Crippen molar-refractivity contribution < 1.29 is 4.79 Å². The number of benzene rings is 1. The lowest BCUT2D eigenvalue weighted by Crippen LogP contribution is -2.28. The molecular weight excluding hydrogens is 226 g/mol. The molecule has 1 atom stereocenters. The molecule has 0 aliphatic carbocycles. The highest BCUT2D eigenvalue weighted by Gasteiger charge is 2.23. The average Bonchev–Trinajstić information content (AvgIpc) is 2.63. The predicted molar refractivity (Wildman–Crippen MR) is 64.8 cm³/mol. The summed E-state index contributed by atoms with van der Waals surface area (Å²) in [4.78, 5) is 13.4. The van der Waals surface area contributed by atoms with E-state index in [1.54, 1.807) is 6.07 Å². The summed E-state index contributed by atoms with van der Waals surface area (Å²) in [5, 5.41) is 0.394. The first-order chi connectivity index (χ1) is 7.59. The highest BCUT2D eigenvalue weighted by molar-refractivity contribution is 6.34. The lowest BCUT2D eigenvalue weighted by molar-refractivity contribution is 0.100. The molecule has 0 spiro atoms. The minimum Gasteiger partial charge on any atom is -0.369 e. The number of amides is 1. The molecule has 1 aliphatic rings. The number of carbonyl (C=O) groups excluding carboxylic acids is 1. The van der Waals surface area contributed by atoms with Gasteiger partial charge in [0.1, 0.15) is 0 Å². The summed E-state index contributed by atoms with van der Waals surface area (Å²) < 4.78 is 0. The number of nitrogens with zero attached hydrogens (tertiary/aromatic N) is 1. The molecule has 1 saturated heterocycles. The van der Waals surface area contributed by atoms with E-state index in [2.05, 4.69) is 4.90 Å². The number of primary amides is 1. The fourth-order valence-electron chi connectivity index (χ4n) is 2.03. The Hall–Kier alpha value is -1.26. The molecule has 1 heterocycles. The van der Waals surface area contributed by atoms with Gasteiger partial charge < -0.3 is 16.4 Å². The Bertz CT molecular complexity index is 422.